The fraction of sp³-hybridized carbons (Fsp3) is 0.385. The highest BCUT2D eigenvalue weighted by Crippen LogP contribution is 2.30. The van der Waals surface area contributed by atoms with Gasteiger partial charge in [-0.1, -0.05) is 19.4 Å². The quantitative estimate of drug-likeness (QED) is 0.766. The van der Waals surface area contributed by atoms with Gasteiger partial charge in [-0.25, -0.2) is 4.79 Å². The van der Waals surface area contributed by atoms with Crippen LogP contribution in [0.5, 0.6) is 0 Å². The number of carboxylic acid groups (broad SMARTS) is 1. The summed E-state index contributed by atoms with van der Waals surface area (Å²) in [6, 6.07) is 4.87. The lowest BCUT2D eigenvalue weighted by Crippen LogP contribution is -2.25. The van der Waals surface area contributed by atoms with Crippen molar-refractivity contribution in [1.82, 2.24) is 0 Å². The van der Waals surface area contributed by atoms with Gasteiger partial charge >= 0.3 is 5.97 Å². The minimum absolute atomic E-state index is 0.0503. The van der Waals surface area contributed by atoms with Gasteiger partial charge < -0.3 is 15.7 Å². The first kappa shape index (κ1) is 12.4. The SMILES string of the molecule is CCCC1CNc2c(cccc2C(=O)O)NC1=O. The van der Waals surface area contributed by atoms with Crippen LogP contribution in [0.15, 0.2) is 18.2 Å². The molecule has 96 valence electrons. The number of para-hydroxylation sites is 1. The van der Waals surface area contributed by atoms with E-state index >= 15 is 0 Å². The molecule has 2 rings (SSSR count). The smallest absolute Gasteiger partial charge is 0.337 e. The van der Waals surface area contributed by atoms with Crippen molar-refractivity contribution in [2.24, 2.45) is 5.92 Å². The summed E-state index contributed by atoms with van der Waals surface area (Å²) in [5.41, 5.74) is 1.22. The van der Waals surface area contributed by atoms with Gasteiger partial charge in [0.2, 0.25) is 5.91 Å². The zero-order chi connectivity index (χ0) is 13.1. The number of fused-ring (bicyclic) bond motifs is 1. The van der Waals surface area contributed by atoms with Crippen LogP contribution in [0.2, 0.25) is 0 Å². The molecule has 0 spiro atoms. The number of carbonyl (C=O) groups excluding carboxylic acids is 1. The molecule has 0 bridgehead atoms. The maximum atomic E-state index is 11.9. The molecule has 1 aliphatic heterocycles. The highest BCUT2D eigenvalue weighted by atomic mass is 16.4. The van der Waals surface area contributed by atoms with Gasteiger partial charge in [-0.15, -0.1) is 0 Å². The zero-order valence-electron chi connectivity index (χ0n) is 10.2. The van der Waals surface area contributed by atoms with Crippen LogP contribution in [-0.2, 0) is 4.79 Å². The van der Waals surface area contributed by atoms with Gasteiger partial charge in [0.15, 0.2) is 0 Å². The van der Waals surface area contributed by atoms with Crippen molar-refractivity contribution in [3.8, 4) is 0 Å². The highest BCUT2D eigenvalue weighted by molar-refractivity contribution is 6.04. The molecule has 0 saturated heterocycles. The number of rotatable bonds is 3. The van der Waals surface area contributed by atoms with Gasteiger partial charge in [-0.2, -0.15) is 0 Å². The van der Waals surface area contributed by atoms with E-state index in [4.69, 9.17) is 5.11 Å². The van der Waals surface area contributed by atoms with E-state index in [1.54, 1.807) is 12.1 Å². The van der Waals surface area contributed by atoms with Gasteiger partial charge in [0.25, 0.3) is 0 Å². The molecule has 1 amide bonds. The van der Waals surface area contributed by atoms with Gasteiger partial charge in [0.1, 0.15) is 0 Å². The number of amides is 1. The minimum atomic E-state index is -0.998. The fourth-order valence-corrected chi connectivity index (χ4v) is 2.16. The Morgan fingerprint density at radius 3 is 2.94 bits per heavy atom. The van der Waals surface area contributed by atoms with E-state index in [1.807, 2.05) is 6.92 Å². The number of aromatic carboxylic acids is 1. The third kappa shape index (κ3) is 2.30. The molecule has 0 aromatic heterocycles. The summed E-state index contributed by atoms with van der Waals surface area (Å²) in [5, 5.41) is 15.0. The Morgan fingerprint density at radius 1 is 1.50 bits per heavy atom. The zero-order valence-corrected chi connectivity index (χ0v) is 10.2. The summed E-state index contributed by atoms with van der Waals surface area (Å²) in [6.07, 6.45) is 1.71. The Hall–Kier alpha value is -2.04. The summed E-state index contributed by atoms with van der Waals surface area (Å²) in [6.45, 7) is 2.49. The van der Waals surface area contributed by atoms with E-state index in [9.17, 15) is 9.59 Å². The predicted octanol–water partition coefficient (Wildman–Crippen LogP) is 2.17. The average Bonchev–Trinajstić information content (AvgIpc) is 2.49. The first-order chi connectivity index (χ1) is 8.63. The third-order valence-corrected chi connectivity index (χ3v) is 3.09. The van der Waals surface area contributed by atoms with E-state index in [0.717, 1.165) is 12.8 Å². The van der Waals surface area contributed by atoms with Crippen molar-refractivity contribution in [2.45, 2.75) is 19.8 Å². The molecule has 1 heterocycles. The topological polar surface area (TPSA) is 78.4 Å². The first-order valence-electron chi connectivity index (χ1n) is 6.04. The summed E-state index contributed by atoms with van der Waals surface area (Å²) in [4.78, 5) is 23.1. The number of nitrogens with one attached hydrogen (secondary N) is 2. The Morgan fingerprint density at radius 2 is 2.28 bits per heavy atom. The van der Waals surface area contributed by atoms with E-state index < -0.39 is 5.97 Å². The number of carbonyl (C=O) groups is 2. The van der Waals surface area contributed by atoms with Crippen LogP contribution in [-0.4, -0.2) is 23.5 Å². The standard InChI is InChI=1S/C13H16N2O3/c1-2-4-8-7-14-11-9(13(17)18)5-3-6-10(11)15-12(8)16/h3,5-6,8,14H,2,4,7H2,1H3,(H,15,16)(H,17,18). The number of anilines is 2. The maximum absolute atomic E-state index is 11.9. The van der Waals surface area contributed by atoms with Crippen molar-refractivity contribution in [2.75, 3.05) is 17.2 Å². The Bertz CT molecular complexity index is 485. The molecule has 0 aliphatic carbocycles. The van der Waals surface area contributed by atoms with Gasteiger partial charge in [-0.05, 0) is 18.6 Å². The van der Waals surface area contributed by atoms with Crippen LogP contribution in [0.4, 0.5) is 11.4 Å². The van der Waals surface area contributed by atoms with Crippen LogP contribution >= 0.6 is 0 Å². The number of carboxylic acids is 1. The highest BCUT2D eigenvalue weighted by Gasteiger charge is 2.25. The summed E-state index contributed by atoms with van der Waals surface area (Å²) in [7, 11) is 0. The largest absolute Gasteiger partial charge is 0.478 e. The minimum Gasteiger partial charge on any atom is -0.478 e. The molecule has 3 N–H and O–H groups in total. The van der Waals surface area contributed by atoms with Crippen LogP contribution < -0.4 is 10.6 Å². The average molecular weight is 248 g/mol. The van der Waals surface area contributed by atoms with Gasteiger partial charge in [-0.3, -0.25) is 4.79 Å². The fourth-order valence-electron chi connectivity index (χ4n) is 2.16. The van der Waals surface area contributed by atoms with Crippen LogP contribution in [0, 0.1) is 5.92 Å². The molecule has 18 heavy (non-hydrogen) atoms. The molecule has 0 radical (unpaired) electrons. The normalized spacial score (nSPS) is 18.3. The number of benzene rings is 1. The molecule has 0 fully saturated rings. The molecule has 1 aromatic rings. The van der Waals surface area contributed by atoms with Crippen molar-refractivity contribution < 1.29 is 14.7 Å². The third-order valence-electron chi connectivity index (χ3n) is 3.09. The molecule has 1 aliphatic rings. The monoisotopic (exact) mass is 248 g/mol. The van der Waals surface area contributed by atoms with E-state index in [-0.39, 0.29) is 17.4 Å². The van der Waals surface area contributed by atoms with Gasteiger partial charge in [0, 0.05) is 6.54 Å². The summed E-state index contributed by atoms with van der Waals surface area (Å²) < 4.78 is 0. The second-order valence-electron chi connectivity index (χ2n) is 4.39. The van der Waals surface area contributed by atoms with Crippen molar-refractivity contribution >= 4 is 23.3 Å². The lowest BCUT2D eigenvalue weighted by molar-refractivity contribution is -0.119. The molecule has 5 heteroatoms. The lowest BCUT2D eigenvalue weighted by Gasteiger charge is -2.11. The molecule has 1 unspecified atom stereocenters. The maximum Gasteiger partial charge on any atom is 0.337 e. The van der Waals surface area contributed by atoms with Crippen LogP contribution in [0.1, 0.15) is 30.1 Å². The molecule has 5 nitrogen and oxygen atoms in total. The number of hydrogen-bond acceptors (Lipinski definition) is 3. The number of hydrogen-bond donors (Lipinski definition) is 3. The van der Waals surface area contributed by atoms with Crippen molar-refractivity contribution in [1.29, 1.82) is 0 Å². The summed E-state index contributed by atoms with van der Waals surface area (Å²) >= 11 is 0. The lowest BCUT2D eigenvalue weighted by atomic mass is 10.0. The Balaban J connectivity index is 2.34. The van der Waals surface area contributed by atoms with E-state index in [0.29, 0.717) is 17.9 Å². The Kier molecular flexibility index (Phi) is 3.50. The molecule has 1 aromatic carbocycles. The van der Waals surface area contributed by atoms with Crippen molar-refractivity contribution in [3.05, 3.63) is 23.8 Å². The van der Waals surface area contributed by atoms with Crippen molar-refractivity contribution in [3.63, 3.8) is 0 Å². The molecular formula is C13H16N2O3. The predicted molar refractivity (Wildman–Crippen MR) is 68.9 cm³/mol. The van der Waals surface area contributed by atoms with Crippen LogP contribution in [0.25, 0.3) is 0 Å². The summed E-state index contributed by atoms with van der Waals surface area (Å²) in [5.74, 6) is -1.17. The second kappa shape index (κ2) is 5.08. The second-order valence-corrected chi connectivity index (χ2v) is 4.39. The van der Waals surface area contributed by atoms with E-state index in [1.165, 1.54) is 6.07 Å². The molecule has 0 saturated carbocycles. The van der Waals surface area contributed by atoms with Gasteiger partial charge in [0.05, 0.1) is 22.9 Å². The molecule has 1 atom stereocenters. The van der Waals surface area contributed by atoms with E-state index in [2.05, 4.69) is 10.6 Å². The van der Waals surface area contributed by atoms with Crippen LogP contribution in [0.3, 0.4) is 0 Å². The Labute approximate surface area is 105 Å². The molecular weight excluding hydrogens is 232 g/mol. The first-order valence-corrected chi connectivity index (χ1v) is 6.04.